The van der Waals surface area contributed by atoms with Crippen LogP contribution in [0.15, 0.2) is 29.2 Å². The predicted molar refractivity (Wildman–Crippen MR) is 151 cm³/mol. The minimum absolute atomic E-state index is 0.0496. The van der Waals surface area contributed by atoms with Gasteiger partial charge in [0.15, 0.2) is 15.0 Å². The lowest BCUT2D eigenvalue weighted by Crippen LogP contribution is -2.34. The number of sulfone groups is 1. The number of rotatable bonds is 12. The van der Waals surface area contributed by atoms with Crippen molar-refractivity contribution in [3.63, 3.8) is 0 Å². The van der Waals surface area contributed by atoms with Crippen LogP contribution in [0.1, 0.15) is 72.3 Å². The molecular weight excluding hydrogens is 631 g/mol. The molecule has 2 heterocycles. The second kappa shape index (κ2) is 14.1. The molecule has 242 valence electrons. The highest BCUT2D eigenvalue weighted by Crippen LogP contribution is 2.41. The number of hydrogen-bond donors (Lipinski definition) is 1. The molecule has 1 aromatic heterocycles. The molecule has 4 rings (SSSR count). The normalized spacial score (nSPS) is 23.5. The summed E-state index contributed by atoms with van der Waals surface area (Å²) in [6, 6.07) is 7.33. The molecule has 44 heavy (non-hydrogen) atoms. The number of alkyl halides is 5. The van der Waals surface area contributed by atoms with Gasteiger partial charge in [0.1, 0.15) is 4.88 Å². The largest absolute Gasteiger partial charge is 0.391 e. The molecule has 9 nitrogen and oxygen atoms in total. The van der Waals surface area contributed by atoms with Crippen molar-refractivity contribution in [1.82, 2.24) is 4.98 Å². The van der Waals surface area contributed by atoms with Crippen LogP contribution in [-0.2, 0) is 19.3 Å². The number of nitrogens with zero attached hydrogens (tertiary/aromatic N) is 3. The van der Waals surface area contributed by atoms with Crippen molar-refractivity contribution in [3.05, 3.63) is 40.4 Å². The van der Waals surface area contributed by atoms with Crippen LogP contribution >= 0.6 is 11.3 Å². The number of aromatic nitrogens is 1. The molecule has 2 aromatic rings. The molecule has 1 aromatic carbocycles. The number of nitrogens with two attached hydrogens (primary N) is 1. The third-order valence-electron chi connectivity index (χ3n) is 8.07. The number of thiazole rings is 1. The quantitative estimate of drug-likeness (QED) is 0.298. The third kappa shape index (κ3) is 8.04. The molecule has 2 N–H and O–H groups in total. The lowest BCUT2D eigenvalue weighted by molar-refractivity contribution is -0.189. The first-order valence-electron chi connectivity index (χ1n) is 14.1. The van der Waals surface area contributed by atoms with Crippen LogP contribution in [0.3, 0.4) is 0 Å². The van der Waals surface area contributed by atoms with E-state index in [4.69, 9.17) is 10.5 Å². The van der Waals surface area contributed by atoms with Crippen molar-refractivity contribution in [2.24, 2.45) is 11.7 Å². The van der Waals surface area contributed by atoms with Crippen LogP contribution in [0, 0.1) is 17.2 Å². The van der Waals surface area contributed by atoms with Gasteiger partial charge < -0.3 is 20.1 Å². The van der Waals surface area contributed by atoms with Crippen LogP contribution in [0.5, 0.6) is 0 Å². The summed E-state index contributed by atoms with van der Waals surface area (Å²) in [6.45, 7) is -1.76. The zero-order valence-electron chi connectivity index (χ0n) is 23.8. The van der Waals surface area contributed by atoms with Crippen LogP contribution in [0.2, 0.25) is 0 Å². The van der Waals surface area contributed by atoms with Gasteiger partial charge in [-0.1, -0.05) is 30.4 Å². The second-order valence-corrected chi connectivity index (χ2v) is 14.1. The van der Waals surface area contributed by atoms with Gasteiger partial charge in [-0.15, -0.1) is 0 Å². The number of halogens is 5. The molecule has 0 radical (unpaired) electrons. The van der Waals surface area contributed by atoms with Crippen LogP contribution in [0.25, 0.3) is 0 Å². The van der Waals surface area contributed by atoms with E-state index in [0.29, 0.717) is 5.56 Å². The maximum atomic E-state index is 13.1. The highest BCUT2D eigenvalue weighted by atomic mass is 32.2. The number of amides is 1. The van der Waals surface area contributed by atoms with E-state index >= 15 is 0 Å². The lowest BCUT2D eigenvalue weighted by Gasteiger charge is -2.31. The Kier molecular flexibility index (Phi) is 10.9. The number of ether oxygens (including phenoxy) is 2. The molecule has 1 aliphatic heterocycles. The van der Waals surface area contributed by atoms with Gasteiger partial charge in [-0.05, 0) is 49.8 Å². The van der Waals surface area contributed by atoms with Crippen molar-refractivity contribution < 1.29 is 44.6 Å². The van der Waals surface area contributed by atoms with Crippen molar-refractivity contribution in [3.8, 4) is 6.07 Å². The minimum Gasteiger partial charge on any atom is -0.373 e. The molecule has 1 saturated carbocycles. The maximum Gasteiger partial charge on any atom is 0.391 e. The Balaban J connectivity index is 1.60. The fraction of sp³-hybridized carbons (Fsp3) is 0.607. The highest BCUT2D eigenvalue weighted by molar-refractivity contribution is 7.91. The van der Waals surface area contributed by atoms with E-state index in [9.17, 15) is 40.4 Å². The topological polar surface area (TPSA) is 136 Å². The fourth-order valence-electron chi connectivity index (χ4n) is 5.74. The second-order valence-electron chi connectivity index (χ2n) is 10.9. The van der Waals surface area contributed by atoms with E-state index in [0.717, 1.165) is 11.3 Å². The monoisotopic (exact) mass is 664 g/mol. The summed E-state index contributed by atoms with van der Waals surface area (Å²) in [7, 11) is -3.48. The van der Waals surface area contributed by atoms with Crippen molar-refractivity contribution in [2.45, 2.75) is 87.3 Å². The first-order valence-corrected chi connectivity index (χ1v) is 16.6. The molecule has 0 bridgehead atoms. The Labute approximate surface area is 256 Å². The SMILES string of the molecule is CCS(=O)(=O)c1ccc([C@H](CC#N)c2nc(N3C[C@@H](OC4CCC(C(F)(F)F)CC4)C[C@H]3COC(F)F)sc2C(N)=O)cc1. The van der Waals surface area contributed by atoms with Gasteiger partial charge in [-0.2, -0.15) is 27.2 Å². The number of carbonyl (C=O) groups excluding carboxylic acids is 1. The van der Waals surface area contributed by atoms with Gasteiger partial charge in [0, 0.05) is 18.9 Å². The fourth-order valence-corrected chi connectivity index (χ4v) is 7.68. The third-order valence-corrected chi connectivity index (χ3v) is 10.9. The van der Waals surface area contributed by atoms with Gasteiger partial charge in [-0.3, -0.25) is 4.79 Å². The maximum absolute atomic E-state index is 13.1. The number of primary amides is 1. The molecule has 1 amide bonds. The summed E-state index contributed by atoms with van der Waals surface area (Å²) in [5, 5.41) is 9.84. The molecule has 1 aliphatic carbocycles. The molecule has 2 fully saturated rings. The van der Waals surface area contributed by atoms with E-state index in [2.05, 4.69) is 15.8 Å². The average molecular weight is 665 g/mol. The number of nitriles is 1. The summed E-state index contributed by atoms with van der Waals surface area (Å²) in [4.78, 5) is 19.0. The Morgan fingerprint density at radius 1 is 1.18 bits per heavy atom. The summed E-state index contributed by atoms with van der Waals surface area (Å²) in [5.41, 5.74) is 6.40. The molecular formula is C28H33F5N4O5S2. The standard InChI is InChI=1S/C28H33F5N4O5S2/c1-2-44(39,40)21-9-3-16(4-10-21)22(11-12-34)23-24(25(35)38)43-27(36-23)37-14-20(13-18(37)15-41-26(29)30)42-19-7-5-17(6-8-19)28(31,32)33/h3-4,9-10,17-20,22,26H,2,5-8,11,13-15H2,1H3,(H2,35,38)/t17?,18-,19?,20-,22-/m0/s1. The van der Waals surface area contributed by atoms with E-state index in [1.807, 2.05) is 0 Å². The Bertz CT molecular complexity index is 1440. The summed E-state index contributed by atoms with van der Waals surface area (Å²) >= 11 is 0.925. The lowest BCUT2D eigenvalue weighted by atomic mass is 9.87. The number of anilines is 1. The van der Waals surface area contributed by atoms with Gasteiger partial charge >= 0.3 is 12.8 Å². The summed E-state index contributed by atoms with van der Waals surface area (Å²) in [5.74, 6) is -3.03. The zero-order chi connectivity index (χ0) is 32.2. The number of benzene rings is 1. The van der Waals surface area contributed by atoms with E-state index < -0.39 is 65.2 Å². The number of hydrogen-bond acceptors (Lipinski definition) is 9. The van der Waals surface area contributed by atoms with Crippen LogP contribution < -0.4 is 10.6 Å². The molecule has 16 heteroatoms. The molecule has 1 saturated heterocycles. The van der Waals surface area contributed by atoms with Gasteiger partial charge in [0.2, 0.25) is 0 Å². The van der Waals surface area contributed by atoms with Crippen molar-refractivity contribution in [1.29, 1.82) is 5.26 Å². The zero-order valence-corrected chi connectivity index (χ0v) is 25.4. The molecule has 2 aliphatic rings. The van der Waals surface area contributed by atoms with Gasteiger partial charge in [-0.25, -0.2) is 13.4 Å². The van der Waals surface area contributed by atoms with E-state index in [-0.39, 0.29) is 71.4 Å². The molecule has 0 spiro atoms. The summed E-state index contributed by atoms with van der Waals surface area (Å²) < 4.78 is 101. The van der Waals surface area contributed by atoms with Crippen LogP contribution in [-0.4, -0.2) is 69.3 Å². The molecule has 0 unspecified atom stereocenters. The number of carbonyl (C=O) groups is 1. The van der Waals surface area contributed by atoms with E-state index in [1.54, 1.807) is 17.0 Å². The summed E-state index contributed by atoms with van der Waals surface area (Å²) in [6.07, 6.45) is -4.72. The van der Waals surface area contributed by atoms with Crippen LogP contribution in [0.4, 0.5) is 27.1 Å². The first-order chi connectivity index (χ1) is 20.7. The molecule has 3 atom stereocenters. The first kappa shape index (κ1) is 34.0. The Hall–Kier alpha value is -2.87. The smallest absolute Gasteiger partial charge is 0.373 e. The van der Waals surface area contributed by atoms with Crippen molar-refractivity contribution in [2.75, 3.05) is 23.8 Å². The van der Waals surface area contributed by atoms with Crippen molar-refractivity contribution >= 4 is 32.2 Å². The minimum atomic E-state index is -4.26. The predicted octanol–water partition coefficient (Wildman–Crippen LogP) is 5.41. The Morgan fingerprint density at radius 2 is 1.84 bits per heavy atom. The average Bonchev–Trinajstić information content (AvgIpc) is 3.59. The highest BCUT2D eigenvalue weighted by Gasteiger charge is 2.43. The Morgan fingerprint density at radius 3 is 2.39 bits per heavy atom. The van der Waals surface area contributed by atoms with Gasteiger partial charge in [0.05, 0.1) is 53.2 Å². The van der Waals surface area contributed by atoms with E-state index in [1.165, 1.54) is 19.1 Å². The van der Waals surface area contributed by atoms with Gasteiger partial charge in [0.25, 0.3) is 5.91 Å².